The fourth-order valence-electron chi connectivity index (χ4n) is 11.0. The van der Waals surface area contributed by atoms with Gasteiger partial charge in [-0.15, -0.1) is 0 Å². The molecule has 0 saturated heterocycles. The quantitative estimate of drug-likeness (QED) is 0.0264. The van der Waals surface area contributed by atoms with Gasteiger partial charge in [-0.25, -0.2) is 4.57 Å². The standard InChI is InChI=1S/C85H146NO8P/c1-3-5-7-9-11-13-15-17-19-21-23-25-27-29-31-33-35-37-38-39-40-41-42-43-44-46-48-50-52-54-56-58-60-62-64-66-68-70-72-74-76-78-85(88)94-83(82-93-95(89,90)92-80-79-86)81-91-84(87)77-75-73-71-69-67-65-63-61-59-57-55-53-51-49-47-45-36-34-32-30-28-26-24-22-20-18-16-14-12-10-8-6-4-2/h5-8,11-14,17-20,23-26,29,31,35,37,39-40,42-43,83H,3-4,9-10,15-16,21-22,27-28,30,32-34,36,38,41,44-82,86H2,1-2H3,(H,89,90)/b7-5-,8-6-,13-11-,14-12-,19-17-,20-18-,25-23-,26-24-,31-29-,37-35-,40-39-,43-42-. The van der Waals surface area contributed by atoms with Gasteiger partial charge in [-0.3, -0.25) is 18.6 Å². The molecule has 0 aliphatic heterocycles. The predicted octanol–water partition coefficient (Wildman–Crippen LogP) is 26.5. The first-order chi connectivity index (χ1) is 46.8. The van der Waals surface area contributed by atoms with Gasteiger partial charge in [0.25, 0.3) is 0 Å². The number of allylic oxidation sites excluding steroid dienone is 24. The highest BCUT2D eigenvalue weighted by Gasteiger charge is 2.26. The number of hydrogen-bond donors (Lipinski definition) is 2. The molecule has 2 unspecified atom stereocenters. The summed E-state index contributed by atoms with van der Waals surface area (Å²) >= 11 is 0. The van der Waals surface area contributed by atoms with E-state index < -0.39 is 26.5 Å². The minimum absolute atomic E-state index is 0.0504. The lowest BCUT2D eigenvalue weighted by Crippen LogP contribution is -2.29. The molecule has 0 heterocycles. The number of carbonyl (C=O) groups is 2. The van der Waals surface area contributed by atoms with Crippen molar-refractivity contribution in [1.29, 1.82) is 0 Å². The third-order valence-electron chi connectivity index (χ3n) is 16.7. The summed E-state index contributed by atoms with van der Waals surface area (Å²) in [7, 11) is -4.40. The molecular weight excluding hydrogens is 1190 g/mol. The van der Waals surface area contributed by atoms with Gasteiger partial charge in [-0.05, 0) is 116 Å². The van der Waals surface area contributed by atoms with Crippen LogP contribution in [0.2, 0.25) is 0 Å². The van der Waals surface area contributed by atoms with Crippen molar-refractivity contribution in [2.75, 3.05) is 26.4 Å². The average molecular weight is 1340 g/mol. The van der Waals surface area contributed by atoms with Crippen molar-refractivity contribution in [3.8, 4) is 0 Å². The zero-order chi connectivity index (χ0) is 68.6. The molecule has 0 radical (unpaired) electrons. The number of nitrogens with two attached hydrogens (primary N) is 1. The molecule has 544 valence electrons. The highest BCUT2D eigenvalue weighted by Crippen LogP contribution is 2.43. The van der Waals surface area contributed by atoms with Crippen molar-refractivity contribution >= 4 is 19.8 Å². The summed E-state index contributed by atoms with van der Waals surface area (Å²) in [6.07, 6.45) is 114. The average Bonchev–Trinajstić information content (AvgIpc) is 2.75. The lowest BCUT2D eigenvalue weighted by atomic mass is 10.0. The summed E-state index contributed by atoms with van der Waals surface area (Å²) < 4.78 is 33.3. The number of hydrogen-bond acceptors (Lipinski definition) is 8. The van der Waals surface area contributed by atoms with Crippen LogP contribution in [0.15, 0.2) is 146 Å². The van der Waals surface area contributed by atoms with E-state index >= 15 is 0 Å². The van der Waals surface area contributed by atoms with Crippen molar-refractivity contribution < 1.29 is 37.6 Å². The molecule has 3 N–H and O–H groups in total. The van der Waals surface area contributed by atoms with Crippen LogP contribution in [0.4, 0.5) is 0 Å². The molecule has 2 atom stereocenters. The van der Waals surface area contributed by atoms with Gasteiger partial charge < -0.3 is 20.1 Å². The highest BCUT2D eigenvalue weighted by atomic mass is 31.2. The number of phosphoric ester groups is 1. The molecule has 0 aliphatic carbocycles. The van der Waals surface area contributed by atoms with E-state index in [4.69, 9.17) is 24.3 Å². The molecule has 9 nitrogen and oxygen atoms in total. The van der Waals surface area contributed by atoms with Crippen molar-refractivity contribution in [1.82, 2.24) is 0 Å². The number of unbranched alkanes of at least 4 members (excludes halogenated alkanes) is 36. The molecule has 0 aromatic rings. The predicted molar refractivity (Wildman–Crippen MR) is 413 cm³/mol. The zero-order valence-electron chi connectivity index (χ0n) is 61.4. The minimum Gasteiger partial charge on any atom is -0.462 e. The molecule has 0 amide bonds. The molecule has 0 aliphatic rings. The normalized spacial score (nSPS) is 13.7. The third kappa shape index (κ3) is 78.8. The molecule has 0 aromatic heterocycles. The summed E-state index contributed by atoms with van der Waals surface area (Å²) in [5.74, 6) is -0.818. The summed E-state index contributed by atoms with van der Waals surface area (Å²) in [6, 6.07) is 0. The van der Waals surface area contributed by atoms with Gasteiger partial charge in [0.15, 0.2) is 6.10 Å². The number of phosphoric acid groups is 1. The lowest BCUT2D eigenvalue weighted by Gasteiger charge is -2.19. The summed E-state index contributed by atoms with van der Waals surface area (Å²) in [5.41, 5.74) is 5.41. The van der Waals surface area contributed by atoms with Gasteiger partial charge in [-0.1, -0.05) is 365 Å². The molecule has 0 bridgehead atoms. The largest absolute Gasteiger partial charge is 0.472 e. The fourth-order valence-corrected chi connectivity index (χ4v) is 11.8. The first kappa shape index (κ1) is 90.9. The molecule has 10 heteroatoms. The first-order valence-corrected chi connectivity index (χ1v) is 40.8. The van der Waals surface area contributed by atoms with Crippen molar-refractivity contribution in [3.05, 3.63) is 146 Å². The fraction of sp³-hybridized carbons (Fsp3) is 0.694. The van der Waals surface area contributed by atoms with Crippen molar-refractivity contribution in [2.24, 2.45) is 5.73 Å². The van der Waals surface area contributed by atoms with Gasteiger partial charge in [0.05, 0.1) is 13.2 Å². The van der Waals surface area contributed by atoms with Gasteiger partial charge in [0, 0.05) is 19.4 Å². The maximum atomic E-state index is 12.8. The Balaban J connectivity index is 3.83. The van der Waals surface area contributed by atoms with E-state index in [-0.39, 0.29) is 38.6 Å². The van der Waals surface area contributed by atoms with Crippen LogP contribution in [-0.2, 0) is 32.7 Å². The number of carbonyl (C=O) groups excluding carboxylic acids is 2. The van der Waals surface area contributed by atoms with Crippen LogP contribution < -0.4 is 5.73 Å². The van der Waals surface area contributed by atoms with Gasteiger partial charge >= 0.3 is 19.8 Å². The summed E-state index contributed by atoms with van der Waals surface area (Å²) in [5, 5.41) is 0. The van der Waals surface area contributed by atoms with Crippen LogP contribution >= 0.6 is 7.82 Å². The second kappa shape index (κ2) is 78.9. The van der Waals surface area contributed by atoms with Crippen molar-refractivity contribution in [2.45, 2.75) is 354 Å². The summed E-state index contributed by atoms with van der Waals surface area (Å²) in [6.45, 7) is 3.55. The van der Waals surface area contributed by atoms with Crippen LogP contribution in [0.25, 0.3) is 0 Å². The van der Waals surface area contributed by atoms with E-state index in [1.807, 2.05) is 0 Å². The Bertz CT molecular complexity index is 2080. The van der Waals surface area contributed by atoms with E-state index in [1.54, 1.807) is 0 Å². The Labute approximate surface area is 586 Å². The van der Waals surface area contributed by atoms with Gasteiger partial charge in [0.1, 0.15) is 6.61 Å². The molecular formula is C85H146NO8P. The zero-order valence-corrected chi connectivity index (χ0v) is 62.3. The Kier molecular flexibility index (Phi) is 75.5. The Morgan fingerprint density at radius 2 is 0.547 bits per heavy atom. The topological polar surface area (TPSA) is 134 Å². The maximum Gasteiger partial charge on any atom is 0.472 e. The van der Waals surface area contributed by atoms with E-state index in [2.05, 4.69) is 160 Å². The van der Waals surface area contributed by atoms with Gasteiger partial charge in [-0.2, -0.15) is 0 Å². The highest BCUT2D eigenvalue weighted by molar-refractivity contribution is 7.47. The van der Waals surface area contributed by atoms with Crippen LogP contribution in [-0.4, -0.2) is 49.3 Å². The van der Waals surface area contributed by atoms with E-state index in [9.17, 15) is 19.0 Å². The minimum atomic E-state index is -4.40. The van der Waals surface area contributed by atoms with Crippen molar-refractivity contribution in [3.63, 3.8) is 0 Å². The van der Waals surface area contributed by atoms with Crippen LogP contribution in [0.5, 0.6) is 0 Å². The monoisotopic (exact) mass is 1340 g/mol. The number of esters is 2. The van der Waals surface area contributed by atoms with Crippen LogP contribution in [0, 0.1) is 0 Å². The molecule has 95 heavy (non-hydrogen) atoms. The maximum absolute atomic E-state index is 12.8. The SMILES string of the molecule is CC/C=C\C/C=C\C/C=C\C/C=C\C/C=C\C/C=C\C/C=C\C/C=C\CCCCCCCCCCCCCCCCCCC(=O)OC(COC(=O)CCCCCCCCCCCCCCCCCCCCCC/C=C\C/C=C\C/C=C\C/C=C\CC)COP(=O)(O)OCCN. The second-order valence-electron chi connectivity index (χ2n) is 25.8. The first-order valence-electron chi connectivity index (χ1n) is 39.3. The molecule has 0 spiro atoms. The number of rotatable bonds is 73. The summed E-state index contributed by atoms with van der Waals surface area (Å²) in [4.78, 5) is 35.5. The Hall–Kier alpha value is -4.11. The lowest BCUT2D eigenvalue weighted by molar-refractivity contribution is -0.161. The van der Waals surface area contributed by atoms with E-state index in [0.29, 0.717) is 6.42 Å². The molecule has 0 rings (SSSR count). The molecule has 0 saturated carbocycles. The van der Waals surface area contributed by atoms with E-state index in [1.165, 1.54) is 199 Å². The van der Waals surface area contributed by atoms with Crippen LogP contribution in [0.1, 0.15) is 348 Å². The molecule has 0 fully saturated rings. The Morgan fingerprint density at radius 3 is 0.811 bits per heavy atom. The van der Waals surface area contributed by atoms with Gasteiger partial charge in [0.2, 0.25) is 0 Å². The number of ether oxygens (including phenoxy) is 2. The van der Waals surface area contributed by atoms with E-state index in [0.717, 1.165) is 116 Å². The smallest absolute Gasteiger partial charge is 0.462 e. The third-order valence-corrected chi connectivity index (χ3v) is 17.7. The van der Waals surface area contributed by atoms with Crippen LogP contribution in [0.3, 0.4) is 0 Å². The second-order valence-corrected chi connectivity index (χ2v) is 27.3. The Morgan fingerprint density at radius 1 is 0.316 bits per heavy atom. The molecule has 0 aromatic carbocycles.